The molecule has 122 valence electrons. The minimum atomic E-state index is -0.138. The summed E-state index contributed by atoms with van der Waals surface area (Å²) in [4.78, 5) is 5.20. The van der Waals surface area contributed by atoms with E-state index in [-0.39, 0.29) is 5.82 Å². The zero-order chi connectivity index (χ0) is 15.4. The van der Waals surface area contributed by atoms with E-state index in [1.165, 1.54) is 57.3 Å². The lowest BCUT2D eigenvalue weighted by molar-refractivity contribution is 0.0979. The Morgan fingerprint density at radius 2 is 1.91 bits per heavy atom. The summed E-state index contributed by atoms with van der Waals surface area (Å²) >= 11 is 0. The van der Waals surface area contributed by atoms with Gasteiger partial charge in [-0.15, -0.1) is 0 Å². The molecule has 1 aromatic rings. The summed E-state index contributed by atoms with van der Waals surface area (Å²) in [5, 5.41) is 0. The van der Waals surface area contributed by atoms with Gasteiger partial charge in [-0.05, 0) is 69.3 Å². The van der Waals surface area contributed by atoms with Crippen LogP contribution in [0.25, 0.3) is 0 Å². The number of rotatable bonds is 6. The lowest BCUT2D eigenvalue weighted by Crippen LogP contribution is -2.45. The fourth-order valence-electron chi connectivity index (χ4n) is 3.83. The van der Waals surface area contributed by atoms with Crippen molar-refractivity contribution in [3.05, 3.63) is 35.6 Å². The van der Waals surface area contributed by atoms with Gasteiger partial charge in [0.25, 0.3) is 0 Å². The summed E-state index contributed by atoms with van der Waals surface area (Å²) in [6.45, 7) is 4.83. The second-order valence-corrected chi connectivity index (χ2v) is 7.21. The second kappa shape index (κ2) is 7.56. The summed E-state index contributed by atoms with van der Waals surface area (Å²) < 4.78 is 12.9. The average Bonchev–Trinajstić information content (AvgIpc) is 2.45. The smallest absolute Gasteiger partial charge is 0.123 e. The quantitative estimate of drug-likeness (QED) is 0.793. The monoisotopic (exact) mass is 304 g/mol. The molecular weight excluding hydrogens is 275 g/mol. The molecule has 1 saturated carbocycles. The van der Waals surface area contributed by atoms with Crippen LogP contribution in [0, 0.1) is 11.7 Å². The summed E-state index contributed by atoms with van der Waals surface area (Å²) in [7, 11) is 2.31. The van der Waals surface area contributed by atoms with E-state index in [0.29, 0.717) is 0 Å². The Hall–Kier alpha value is -0.930. The zero-order valence-corrected chi connectivity index (χ0v) is 13.8. The molecule has 2 aliphatic rings. The molecular formula is C19H29FN2. The number of piperidine rings is 1. The van der Waals surface area contributed by atoms with Gasteiger partial charge in [0.2, 0.25) is 0 Å². The third-order valence-corrected chi connectivity index (χ3v) is 5.48. The summed E-state index contributed by atoms with van der Waals surface area (Å²) in [6, 6.07) is 7.83. The van der Waals surface area contributed by atoms with Crippen LogP contribution in [0.15, 0.2) is 24.3 Å². The lowest BCUT2D eigenvalue weighted by Gasteiger charge is -2.40. The first-order valence-corrected chi connectivity index (χ1v) is 8.88. The van der Waals surface area contributed by atoms with Gasteiger partial charge in [0.1, 0.15) is 5.82 Å². The van der Waals surface area contributed by atoms with Gasteiger partial charge >= 0.3 is 0 Å². The Balaban J connectivity index is 1.42. The molecule has 3 heteroatoms. The Labute approximate surface area is 134 Å². The number of halogens is 1. The van der Waals surface area contributed by atoms with Gasteiger partial charge in [-0.2, -0.15) is 0 Å². The fourth-order valence-corrected chi connectivity index (χ4v) is 3.83. The summed E-state index contributed by atoms with van der Waals surface area (Å²) in [5.74, 6) is 0.688. The van der Waals surface area contributed by atoms with Gasteiger partial charge < -0.3 is 9.80 Å². The molecule has 0 aromatic heterocycles. The van der Waals surface area contributed by atoms with Crippen molar-refractivity contribution in [2.45, 2.75) is 44.6 Å². The molecule has 0 spiro atoms. The maximum absolute atomic E-state index is 12.9. The molecule has 0 amide bonds. The number of hydrogen-bond acceptors (Lipinski definition) is 2. The molecule has 2 nitrogen and oxygen atoms in total. The van der Waals surface area contributed by atoms with Crippen LogP contribution in [0.3, 0.4) is 0 Å². The highest BCUT2D eigenvalue weighted by molar-refractivity contribution is 5.16. The highest BCUT2D eigenvalue weighted by Crippen LogP contribution is 2.26. The SMILES string of the molecule is CN(CC1CCCN(CCc2ccc(F)cc2)C1)C1CCC1. The minimum Gasteiger partial charge on any atom is -0.303 e. The topological polar surface area (TPSA) is 6.48 Å². The molecule has 1 aliphatic heterocycles. The van der Waals surface area contributed by atoms with Crippen molar-refractivity contribution in [3.8, 4) is 0 Å². The minimum absolute atomic E-state index is 0.138. The predicted molar refractivity (Wildman–Crippen MR) is 89.5 cm³/mol. The number of likely N-dealkylation sites (tertiary alicyclic amines) is 1. The molecule has 22 heavy (non-hydrogen) atoms. The first kappa shape index (κ1) is 15.9. The maximum atomic E-state index is 12.9. The van der Waals surface area contributed by atoms with Crippen LogP contribution in [-0.2, 0) is 6.42 Å². The Bertz CT molecular complexity index is 455. The second-order valence-electron chi connectivity index (χ2n) is 7.21. The summed E-state index contributed by atoms with van der Waals surface area (Å²) in [5.41, 5.74) is 1.25. The number of hydrogen-bond donors (Lipinski definition) is 0. The van der Waals surface area contributed by atoms with E-state index in [0.717, 1.165) is 24.9 Å². The molecule has 2 fully saturated rings. The van der Waals surface area contributed by atoms with E-state index in [1.54, 1.807) is 12.1 Å². The molecule has 0 N–H and O–H groups in total. The molecule has 1 aromatic carbocycles. The molecule has 1 atom stereocenters. The molecule has 0 bridgehead atoms. The van der Waals surface area contributed by atoms with Crippen LogP contribution < -0.4 is 0 Å². The van der Waals surface area contributed by atoms with Crippen LogP contribution in [0.1, 0.15) is 37.7 Å². The molecule has 1 heterocycles. The highest BCUT2D eigenvalue weighted by Gasteiger charge is 2.26. The molecule has 1 saturated heterocycles. The third kappa shape index (κ3) is 4.30. The van der Waals surface area contributed by atoms with Crippen molar-refractivity contribution in [3.63, 3.8) is 0 Å². The normalized spacial score (nSPS) is 23.7. The van der Waals surface area contributed by atoms with Crippen LogP contribution in [-0.4, -0.2) is 49.1 Å². The predicted octanol–water partition coefficient (Wildman–Crippen LogP) is 3.56. The molecule has 0 radical (unpaired) electrons. The van der Waals surface area contributed by atoms with Crippen molar-refractivity contribution in [1.29, 1.82) is 0 Å². The van der Waals surface area contributed by atoms with Crippen LogP contribution >= 0.6 is 0 Å². The summed E-state index contributed by atoms with van der Waals surface area (Å²) in [6.07, 6.45) is 7.96. The molecule has 1 unspecified atom stereocenters. The first-order chi connectivity index (χ1) is 10.7. The largest absolute Gasteiger partial charge is 0.303 e. The van der Waals surface area contributed by atoms with E-state index < -0.39 is 0 Å². The van der Waals surface area contributed by atoms with Gasteiger partial charge in [-0.1, -0.05) is 18.6 Å². The van der Waals surface area contributed by atoms with Crippen molar-refractivity contribution in [1.82, 2.24) is 9.80 Å². The average molecular weight is 304 g/mol. The van der Waals surface area contributed by atoms with Crippen molar-refractivity contribution in [2.75, 3.05) is 33.2 Å². The van der Waals surface area contributed by atoms with Crippen molar-refractivity contribution in [2.24, 2.45) is 5.92 Å². The Morgan fingerprint density at radius 1 is 1.14 bits per heavy atom. The Kier molecular flexibility index (Phi) is 5.48. The van der Waals surface area contributed by atoms with E-state index in [2.05, 4.69) is 16.8 Å². The van der Waals surface area contributed by atoms with Crippen LogP contribution in [0.5, 0.6) is 0 Å². The fraction of sp³-hybridized carbons (Fsp3) is 0.684. The van der Waals surface area contributed by atoms with Gasteiger partial charge in [0, 0.05) is 25.7 Å². The van der Waals surface area contributed by atoms with Gasteiger partial charge in [0.15, 0.2) is 0 Å². The maximum Gasteiger partial charge on any atom is 0.123 e. The van der Waals surface area contributed by atoms with Gasteiger partial charge in [-0.3, -0.25) is 0 Å². The molecule has 3 rings (SSSR count). The van der Waals surface area contributed by atoms with E-state index in [1.807, 2.05) is 12.1 Å². The van der Waals surface area contributed by atoms with Crippen molar-refractivity contribution >= 4 is 0 Å². The van der Waals surface area contributed by atoms with Gasteiger partial charge in [-0.25, -0.2) is 4.39 Å². The van der Waals surface area contributed by atoms with E-state index in [9.17, 15) is 4.39 Å². The van der Waals surface area contributed by atoms with E-state index >= 15 is 0 Å². The Morgan fingerprint density at radius 3 is 2.59 bits per heavy atom. The highest BCUT2D eigenvalue weighted by atomic mass is 19.1. The van der Waals surface area contributed by atoms with Crippen molar-refractivity contribution < 1.29 is 4.39 Å². The zero-order valence-electron chi connectivity index (χ0n) is 13.8. The van der Waals surface area contributed by atoms with E-state index in [4.69, 9.17) is 0 Å². The van der Waals surface area contributed by atoms with Crippen LogP contribution in [0.4, 0.5) is 4.39 Å². The van der Waals surface area contributed by atoms with Gasteiger partial charge in [0.05, 0.1) is 0 Å². The first-order valence-electron chi connectivity index (χ1n) is 8.88. The number of nitrogens with zero attached hydrogens (tertiary/aromatic N) is 2. The van der Waals surface area contributed by atoms with Crippen LogP contribution in [0.2, 0.25) is 0 Å². The third-order valence-electron chi connectivity index (χ3n) is 5.48. The molecule has 1 aliphatic carbocycles. The number of benzene rings is 1. The standard InChI is InChI=1S/C19H29FN2/c1-21(19-5-2-6-19)14-17-4-3-12-22(15-17)13-11-16-7-9-18(20)10-8-16/h7-10,17,19H,2-6,11-15H2,1H3. The lowest BCUT2D eigenvalue weighted by atomic mass is 9.90.